The average molecular weight is 351 g/mol. The maximum absolute atomic E-state index is 11.2. The van der Waals surface area contributed by atoms with E-state index in [1.165, 1.54) is 31.2 Å². The quantitative estimate of drug-likeness (QED) is 0.371. The second-order valence-electron chi connectivity index (χ2n) is 5.13. The number of nitrogens with zero attached hydrogens (tertiary/aromatic N) is 4. The molecule has 0 spiro atoms. The van der Waals surface area contributed by atoms with Gasteiger partial charge >= 0.3 is 5.69 Å². The lowest BCUT2D eigenvalue weighted by molar-refractivity contribution is -0.385. The first kappa shape index (κ1) is 17.6. The Bertz CT molecular complexity index is 840. The highest BCUT2D eigenvalue weighted by molar-refractivity contribution is 7.71. The molecule has 0 fully saturated rings. The number of methoxy groups -OCH3 is 2. The summed E-state index contributed by atoms with van der Waals surface area (Å²) in [4.78, 5) is 10.7. The Morgan fingerprint density at radius 2 is 2.12 bits per heavy atom. The molecule has 2 aromatic rings. The van der Waals surface area contributed by atoms with Crippen molar-refractivity contribution in [2.75, 3.05) is 14.2 Å². The monoisotopic (exact) mass is 351 g/mol. The third-order valence-electron chi connectivity index (χ3n) is 3.19. The average Bonchev–Trinajstić information content (AvgIpc) is 2.92. The van der Waals surface area contributed by atoms with Crippen LogP contribution in [0.1, 0.15) is 31.2 Å². The molecule has 1 N–H and O–H groups in total. The summed E-state index contributed by atoms with van der Waals surface area (Å²) >= 11 is 5.14. The number of aromatic amines is 1. The first-order chi connectivity index (χ1) is 11.4. The topological polar surface area (TPSA) is 108 Å². The van der Waals surface area contributed by atoms with Gasteiger partial charge in [-0.05, 0) is 18.3 Å². The second-order valence-corrected chi connectivity index (χ2v) is 5.52. The molecule has 24 heavy (non-hydrogen) atoms. The van der Waals surface area contributed by atoms with Gasteiger partial charge in [0.05, 0.1) is 25.4 Å². The van der Waals surface area contributed by atoms with Gasteiger partial charge in [-0.2, -0.15) is 14.9 Å². The van der Waals surface area contributed by atoms with E-state index in [1.807, 2.05) is 13.8 Å². The summed E-state index contributed by atoms with van der Waals surface area (Å²) in [6.07, 6.45) is 1.45. The number of hydrogen-bond donors (Lipinski definition) is 1. The molecule has 0 saturated carbocycles. The SMILES string of the molecule is COc1cc(/C=N\n2c(C(C)C)n[nH]c2=S)cc([N+](=O)[O-])c1OC. The zero-order valence-corrected chi connectivity index (χ0v) is 14.5. The molecule has 0 aliphatic heterocycles. The van der Waals surface area contributed by atoms with Crippen LogP contribution in [-0.2, 0) is 0 Å². The van der Waals surface area contributed by atoms with Gasteiger partial charge in [-0.3, -0.25) is 15.2 Å². The maximum Gasteiger partial charge on any atom is 0.315 e. The van der Waals surface area contributed by atoms with Crippen LogP contribution < -0.4 is 9.47 Å². The lowest BCUT2D eigenvalue weighted by Crippen LogP contribution is -2.02. The van der Waals surface area contributed by atoms with E-state index in [2.05, 4.69) is 15.3 Å². The third-order valence-corrected chi connectivity index (χ3v) is 3.46. The van der Waals surface area contributed by atoms with Gasteiger partial charge in [0.2, 0.25) is 10.5 Å². The zero-order chi connectivity index (χ0) is 17.9. The Kier molecular flexibility index (Phi) is 5.29. The van der Waals surface area contributed by atoms with Crippen LogP contribution in [0.4, 0.5) is 5.69 Å². The van der Waals surface area contributed by atoms with Gasteiger partial charge < -0.3 is 9.47 Å². The summed E-state index contributed by atoms with van der Waals surface area (Å²) in [6, 6.07) is 2.94. The van der Waals surface area contributed by atoms with E-state index in [0.29, 0.717) is 16.2 Å². The third kappa shape index (κ3) is 3.43. The Labute approximate surface area is 143 Å². The van der Waals surface area contributed by atoms with E-state index in [-0.39, 0.29) is 23.1 Å². The number of hydrogen-bond acceptors (Lipinski definition) is 7. The highest BCUT2D eigenvalue weighted by Crippen LogP contribution is 2.37. The van der Waals surface area contributed by atoms with Gasteiger partial charge in [0.25, 0.3) is 0 Å². The van der Waals surface area contributed by atoms with Gasteiger partial charge in [0.1, 0.15) is 0 Å². The lowest BCUT2D eigenvalue weighted by atomic mass is 10.2. The predicted molar refractivity (Wildman–Crippen MR) is 90.7 cm³/mol. The van der Waals surface area contributed by atoms with Crippen LogP contribution in [0.5, 0.6) is 11.5 Å². The van der Waals surface area contributed by atoms with Gasteiger partial charge in [-0.15, -0.1) is 0 Å². The molecule has 0 aliphatic rings. The Morgan fingerprint density at radius 1 is 1.42 bits per heavy atom. The number of H-pyrrole nitrogens is 1. The van der Waals surface area contributed by atoms with Crippen molar-refractivity contribution in [1.82, 2.24) is 14.9 Å². The first-order valence-corrected chi connectivity index (χ1v) is 7.42. The highest BCUT2D eigenvalue weighted by Gasteiger charge is 2.21. The van der Waals surface area contributed by atoms with Crippen molar-refractivity contribution in [3.63, 3.8) is 0 Å². The second kappa shape index (κ2) is 7.21. The van der Waals surface area contributed by atoms with Gasteiger partial charge in [-0.1, -0.05) is 13.8 Å². The molecule has 10 heteroatoms. The normalized spacial score (nSPS) is 11.2. The fourth-order valence-electron chi connectivity index (χ4n) is 2.09. The molecule has 0 unspecified atom stereocenters. The minimum atomic E-state index is -0.540. The summed E-state index contributed by atoms with van der Waals surface area (Å²) in [7, 11) is 2.75. The molecule has 2 rings (SSSR count). The standard InChI is InChI=1S/C14H17N5O4S/c1-8(2)13-16-17-14(24)18(13)15-7-9-5-10(19(20)21)12(23-4)11(6-9)22-3/h5-8H,1-4H3,(H,17,24)/b15-7-. The van der Waals surface area contributed by atoms with E-state index < -0.39 is 4.92 Å². The van der Waals surface area contributed by atoms with Crippen LogP contribution in [0.3, 0.4) is 0 Å². The minimum Gasteiger partial charge on any atom is -0.493 e. The van der Waals surface area contributed by atoms with Crippen LogP contribution in [0.25, 0.3) is 0 Å². The van der Waals surface area contributed by atoms with Gasteiger partial charge in [0, 0.05) is 17.5 Å². The number of benzene rings is 1. The van der Waals surface area contributed by atoms with Crippen LogP contribution in [0, 0.1) is 14.9 Å². The van der Waals surface area contributed by atoms with Gasteiger partial charge in [0.15, 0.2) is 11.6 Å². The largest absolute Gasteiger partial charge is 0.493 e. The summed E-state index contributed by atoms with van der Waals surface area (Å²) in [5.74, 6) is 1.07. The lowest BCUT2D eigenvalue weighted by Gasteiger charge is -2.08. The van der Waals surface area contributed by atoms with Gasteiger partial charge in [-0.25, -0.2) is 0 Å². The molecule has 0 radical (unpaired) electrons. The first-order valence-electron chi connectivity index (χ1n) is 7.01. The molecule has 1 heterocycles. The number of rotatable bonds is 6. The molecule has 0 atom stereocenters. The summed E-state index contributed by atoms with van der Waals surface area (Å²) < 4.78 is 12.0. The predicted octanol–water partition coefficient (Wildman–Crippen LogP) is 2.87. The molecule has 1 aromatic carbocycles. The van der Waals surface area contributed by atoms with Crippen molar-refractivity contribution >= 4 is 24.1 Å². The summed E-state index contributed by atoms with van der Waals surface area (Å²) in [5, 5.41) is 22.3. The fraction of sp³-hybridized carbons (Fsp3) is 0.357. The van der Waals surface area contributed by atoms with Crippen molar-refractivity contribution in [3.05, 3.63) is 38.4 Å². The van der Waals surface area contributed by atoms with Crippen molar-refractivity contribution in [2.24, 2.45) is 5.10 Å². The van der Waals surface area contributed by atoms with E-state index in [0.717, 1.165) is 0 Å². The molecule has 0 saturated heterocycles. The number of nitro benzene ring substituents is 1. The molecular formula is C14H17N5O4S. The van der Waals surface area contributed by atoms with E-state index in [9.17, 15) is 10.1 Å². The van der Waals surface area contributed by atoms with Crippen molar-refractivity contribution in [2.45, 2.75) is 19.8 Å². The molecule has 0 bridgehead atoms. The fourth-order valence-corrected chi connectivity index (χ4v) is 2.27. The molecule has 0 amide bonds. The molecule has 128 valence electrons. The molecular weight excluding hydrogens is 334 g/mol. The Balaban J connectivity index is 2.51. The highest BCUT2D eigenvalue weighted by atomic mass is 32.1. The smallest absolute Gasteiger partial charge is 0.315 e. The minimum absolute atomic E-state index is 0.0578. The summed E-state index contributed by atoms with van der Waals surface area (Å²) in [5.41, 5.74) is 0.260. The molecule has 0 aliphatic carbocycles. The van der Waals surface area contributed by atoms with Crippen molar-refractivity contribution in [1.29, 1.82) is 0 Å². The number of nitrogens with one attached hydrogen (secondary N) is 1. The van der Waals surface area contributed by atoms with Crippen LogP contribution >= 0.6 is 12.2 Å². The zero-order valence-electron chi connectivity index (χ0n) is 13.6. The number of nitro groups is 1. The Hall–Kier alpha value is -2.75. The molecule has 9 nitrogen and oxygen atoms in total. The number of aromatic nitrogens is 3. The van der Waals surface area contributed by atoms with Crippen molar-refractivity contribution in [3.8, 4) is 11.5 Å². The number of ether oxygens (including phenoxy) is 2. The summed E-state index contributed by atoms with van der Waals surface area (Å²) in [6.45, 7) is 3.91. The van der Waals surface area contributed by atoms with E-state index in [1.54, 1.807) is 6.07 Å². The van der Waals surface area contributed by atoms with Crippen LogP contribution in [-0.4, -0.2) is 40.2 Å². The van der Waals surface area contributed by atoms with E-state index in [4.69, 9.17) is 21.7 Å². The van der Waals surface area contributed by atoms with E-state index >= 15 is 0 Å². The molecule has 1 aromatic heterocycles. The van der Waals surface area contributed by atoms with Crippen molar-refractivity contribution < 1.29 is 14.4 Å². The van der Waals surface area contributed by atoms with Crippen LogP contribution in [0.2, 0.25) is 0 Å². The maximum atomic E-state index is 11.2. The van der Waals surface area contributed by atoms with Crippen LogP contribution in [0.15, 0.2) is 17.2 Å². The Morgan fingerprint density at radius 3 is 2.67 bits per heavy atom.